The van der Waals surface area contributed by atoms with Crippen LogP contribution in [0.1, 0.15) is 44.6 Å². The molecule has 132 valence electrons. The molecule has 1 atom stereocenters. The second-order valence-corrected chi connectivity index (χ2v) is 6.35. The van der Waals surface area contributed by atoms with Gasteiger partial charge in [-0.25, -0.2) is 4.79 Å². The number of aliphatic hydroxyl groups excluding tert-OH is 1. The average Bonchev–Trinajstić information content (AvgIpc) is 3.06. The van der Waals surface area contributed by atoms with Gasteiger partial charge in [0.05, 0.1) is 19.8 Å². The standard InChI is InChI=1S/C17H28O5S/c1-2-22-16(19)17(20,14-18)9-5-3-4-6-10-21-11-7-15-8-12-23-13-15/h8,12-13,18,20H,2-7,9-11,14H2,1H3. The van der Waals surface area contributed by atoms with Crippen molar-refractivity contribution in [3.8, 4) is 0 Å². The van der Waals surface area contributed by atoms with Gasteiger partial charge in [0, 0.05) is 6.61 Å². The number of hydrogen-bond acceptors (Lipinski definition) is 6. The SMILES string of the molecule is CCOC(=O)C(O)(CO)CCCCCCOCCc1ccsc1. The third-order valence-electron chi connectivity index (χ3n) is 3.66. The summed E-state index contributed by atoms with van der Waals surface area (Å²) in [7, 11) is 0. The Labute approximate surface area is 142 Å². The van der Waals surface area contributed by atoms with Gasteiger partial charge in [-0.3, -0.25) is 0 Å². The van der Waals surface area contributed by atoms with Crippen molar-refractivity contribution in [1.82, 2.24) is 0 Å². The maximum absolute atomic E-state index is 11.6. The van der Waals surface area contributed by atoms with Crippen LogP contribution in [0.3, 0.4) is 0 Å². The first kappa shape index (κ1) is 20.1. The van der Waals surface area contributed by atoms with E-state index in [1.54, 1.807) is 18.3 Å². The van der Waals surface area contributed by atoms with Gasteiger partial charge in [-0.05, 0) is 55.0 Å². The maximum Gasteiger partial charge on any atom is 0.340 e. The second kappa shape index (κ2) is 11.6. The van der Waals surface area contributed by atoms with Gasteiger partial charge in [0.25, 0.3) is 0 Å². The van der Waals surface area contributed by atoms with Crippen LogP contribution < -0.4 is 0 Å². The van der Waals surface area contributed by atoms with Gasteiger partial charge in [0.15, 0.2) is 5.60 Å². The third-order valence-corrected chi connectivity index (χ3v) is 4.39. The van der Waals surface area contributed by atoms with Gasteiger partial charge >= 0.3 is 5.97 Å². The van der Waals surface area contributed by atoms with Crippen molar-refractivity contribution in [3.63, 3.8) is 0 Å². The predicted octanol–water partition coefficient (Wildman–Crippen LogP) is 2.54. The normalized spacial score (nSPS) is 13.7. The fourth-order valence-corrected chi connectivity index (χ4v) is 2.92. The summed E-state index contributed by atoms with van der Waals surface area (Å²) in [5, 5.41) is 23.4. The zero-order chi connectivity index (χ0) is 17.0. The monoisotopic (exact) mass is 344 g/mol. The van der Waals surface area contributed by atoms with Crippen LogP contribution in [0.2, 0.25) is 0 Å². The van der Waals surface area contributed by atoms with Crippen LogP contribution in [0.15, 0.2) is 16.8 Å². The minimum absolute atomic E-state index is 0.198. The first-order valence-electron chi connectivity index (χ1n) is 8.21. The predicted molar refractivity (Wildman–Crippen MR) is 90.6 cm³/mol. The number of ether oxygens (including phenoxy) is 2. The highest BCUT2D eigenvalue weighted by Gasteiger charge is 2.36. The molecule has 2 N–H and O–H groups in total. The zero-order valence-corrected chi connectivity index (χ0v) is 14.6. The van der Waals surface area contributed by atoms with Crippen molar-refractivity contribution in [2.75, 3.05) is 26.4 Å². The van der Waals surface area contributed by atoms with Gasteiger partial charge in [0.1, 0.15) is 0 Å². The molecule has 1 aromatic heterocycles. The Hall–Kier alpha value is -0.950. The summed E-state index contributed by atoms with van der Waals surface area (Å²) in [6, 6.07) is 2.11. The van der Waals surface area contributed by atoms with Gasteiger partial charge in [0.2, 0.25) is 0 Å². The molecule has 0 amide bonds. The summed E-state index contributed by atoms with van der Waals surface area (Å²) in [5.74, 6) is -0.737. The molecule has 1 heterocycles. The molecule has 5 nitrogen and oxygen atoms in total. The van der Waals surface area contributed by atoms with Crippen LogP contribution in [-0.4, -0.2) is 48.2 Å². The number of aliphatic hydroxyl groups is 2. The largest absolute Gasteiger partial charge is 0.464 e. The number of carbonyl (C=O) groups is 1. The highest BCUT2D eigenvalue weighted by molar-refractivity contribution is 7.07. The Bertz CT molecular complexity index is 421. The van der Waals surface area contributed by atoms with E-state index < -0.39 is 18.2 Å². The van der Waals surface area contributed by atoms with E-state index in [1.807, 2.05) is 0 Å². The molecule has 0 aliphatic rings. The van der Waals surface area contributed by atoms with Crippen molar-refractivity contribution in [1.29, 1.82) is 0 Å². The van der Waals surface area contributed by atoms with E-state index in [2.05, 4.69) is 16.8 Å². The Balaban J connectivity index is 2.00. The van der Waals surface area contributed by atoms with E-state index in [-0.39, 0.29) is 13.0 Å². The Kier molecular flexibility index (Phi) is 10.1. The fourth-order valence-electron chi connectivity index (χ4n) is 2.21. The number of thiophene rings is 1. The number of esters is 1. The lowest BCUT2D eigenvalue weighted by Crippen LogP contribution is -2.43. The van der Waals surface area contributed by atoms with Crippen LogP contribution in [0.5, 0.6) is 0 Å². The molecule has 0 aromatic carbocycles. The number of hydrogen-bond donors (Lipinski definition) is 2. The first-order valence-corrected chi connectivity index (χ1v) is 9.16. The number of carbonyl (C=O) groups excluding carboxylic acids is 1. The quantitative estimate of drug-likeness (QED) is 0.425. The zero-order valence-electron chi connectivity index (χ0n) is 13.8. The first-order chi connectivity index (χ1) is 11.1. The minimum atomic E-state index is -1.76. The van der Waals surface area contributed by atoms with E-state index in [0.717, 1.165) is 38.9 Å². The highest BCUT2D eigenvalue weighted by Crippen LogP contribution is 2.17. The summed E-state index contributed by atoms with van der Waals surface area (Å²) >= 11 is 1.70. The summed E-state index contributed by atoms with van der Waals surface area (Å²) in [6.45, 7) is 2.74. The Morgan fingerprint density at radius 2 is 2.04 bits per heavy atom. The van der Waals surface area contributed by atoms with Crippen LogP contribution in [0.25, 0.3) is 0 Å². The molecule has 1 unspecified atom stereocenters. The van der Waals surface area contributed by atoms with Crippen LogP contribution >= 0.6 is 11.3 Å². The smallest absolute Gasteiger partial charge is 0.340 e. The topological polar surface area (TPSA) is 76.0 Å². The van der Waals surface area contributed by atoms with Crippen LogP contribution in [-0.2, 0) is 20.7 Å². The van der Waals surface area contributed by atoms with Gasteiger partial charge in [-0.2, -0.15) is 11.3 Å². The highest BCUT2D eigenvalue weighted by atomic mass is 32.1. The van der Waals surface area contributed by atoms with Crippen molar-refractivity contribution in [2.45, 2.75) is 51.0 Å². The van der Waals surface area contributed by atoms with Crippen LogP contribution in [0, 0.1) is 0 Å². The van der Waals surface area contributed by atoms with Crippen molar-refractivity contribution in [2.24, 2.45) is 0 Å². The molecule has 6 heteroatoms. The average molecular weight is 344 g/mol. The Morgan fingerprint density at radius 3 is 2.70 bits per heavy atom. The molecule has 0 spiro atoms. The van der Waals surface area contributed by atoms with Crippen molar-refractivity contribution < 1.29 is 24.5 Å². The van der Waals surface area contributed by atoms with Gasteiger partial charge < -0.3 is 19.7 Å². The molecule has 0 saturated carbocycles. The molecule has 1 rings (SSSR count). The lowest BCUT2D eigenvalue weighted by molar-refractivity contribution is -0.170. The summed E-state index contributed by atoms with van der Waals surface area (Å²) in [5.41, 5.74) is -0.440. The third kappa shape index (κ3) is 7.92. The molecular formula is C17H28O5S. The lowest BCUT2D eigenvalue weighted by Gasteiger charge is -2.23. The van der Waals surface area contributed by atoms with Gasteiger partial charge in [-0.1, -0.05) is 12.8 Å². The van der Waals surface area contributed by atoms with E-state index in [9.17, 15) is 15.0 Å². The van der Waals surface area contributed by atoms with Crippen molar-refractivity contribution in [3.05, 3.63) is 22.4 Å². The molecule has 0 saturated heterocycles. The molecule has 0 radical (unpaired) electrons. The molecule has 23 heavy (non-hydrogen) atoms. The molecule has 1 aromatic rings. The summed E-state index contributed by atoms with van der Waals surface area (Å²) < 4.78 is 10.4. The second-order valence-electron chi connectivity index (χ2n) is 5.57. The summed E-state index contributed by atoms with van der Waals surface area (Å²) in [6.07, 6.45) is 4.66. The Morgan fingerprint density at radius 1 is 1.26 bits per heavy atom. The minimum Gasteiger partial charge on any atom is -0.464 e. The number of rotatable bonds is 13. The number of unbranched alkanes of at least 4 members (excludes halogenated alkanes) is 3. The van der Waals surface area contributed by atoms with E-state index in [1.165, 1.54) is 5.56 Å². The fraction of sp³-hybridized carbons (Fsp3) is 0.706. The molecule has 0 bridgehead atoms. The molecular weight excluding hydrogens is 316 g/mol. The van der Waals surface area contributed by atoms with Crippen LogP contribution in [0.4, 0.5) is 0 Å². The molecule has 0 aliphatic heterocycles. The van der Waals surface area contributed by atoms with E-state index >= 15 is 0 Å². The van der Waals surface area contributed by atoms with Gasteiger partial charge in [-0.15, -0.1) is 0 Å². The van der Waals surface area contributed by atoms with E-state index in [0.29, 0.717) is 6.42 Å². The molecule has 0 fully saturated rings. The molecule has 0 aliphatic carbocycles. The summed E-state index contributed by atoms with van der Waals surface area (Å²) in [4.78, 5) is 11.6. The van der Waals surface area contributed by atoms with Crippen molar-refractivity contribution >= 4 is 17.3 Å². The van der Waals surface area contributed by atoms with E-state index in [4.69, 9.17) is 9.47 Å². The maximum atomic E-state index is 11.6. The lowest BCUT2D eigenvalue weighted by atomic mass is 9.97.